The predicted molar refractivity (Wildman–Crippen MR) is 175 cm³/mol. The lowest BCUT2D eigenvalue weighted by Gasteiger charge is -2.44. The van der Waals surface area contributed by atoms with Crippen LogP contribution < -0.4 is 16.4 Å². The number of nitrogens with two attached hydrogens (primary N) is 1. The molecule has 0 saturated carbocycles. The number of nitrogens with one attached hydrogen (secondary N) is 2. The van der Waals surface area contributed by atoms with Crippen LogP contribution in [-0.4, -0.2) is 96.3 Å². The number of carbonyl (C=O) groups excluding carboxylic acids is 3. The van der Waals surface area contributed by atoms with Crippen molar-refractivity contribution in [1.29, 1.82) is 0 Å². The third kappa shape index (κ3) is 6.12. The second kappa shape index (κ2) is 12.6. The lowest BCUT2D eigenvalue weighted by molar-refractivity contribution is -0.143. The van der Waals surface area contributed by atoms with Crippen LogP contribution in [0.4, 0.5) is 21.0 Å². The number of aryl methyl sites for hydroxylation is 1. The molecule has 4 fully saturated rings. The number of rotatable bonds is 5. The zero-order valence-corrected chi connectivity index (χ0v) is 27.1. The zero-order valence-electron chi connectivity index (χ0n) is 26.3. The van der Waals surface area contributed by atoms with Crippen molar-refractivity contribution in [2.24, 2.45) is 0 Å². The first-order valence-electron chi connectivity index (χ1n) is 16.6. The van der Waals surface area contributed by atoms with E-state index in [0.717, 1.165) is 35.5 Å². The molecular weight excluding hydrogens is 608 g/mol. The van der Waals surface area contributed by atoms with Gasteiger partial charge < -0.3 is 30.3 Å². The number of benzene rings is 2. The SMILES string of the molecule is Cc1cc(C[C@@H](OC(=O)N2CCC3(CC2)OC(=O)Nc2ccccc23)C(=O)N2CCN(C3CC4CCC(C3)N4)CC2)cc(Cl)c1N. The number of amides is 3. The van der Waals surface area contributed by atoms with Crippen LogP contribution in [0.25, 0.3) is 0 Å². The highest BCUT2D eigenvalue weighted by Gasteiger charge is 2.46. The average molecular weight is 651 g/mol. The van der Waals surface area contributed by atoms with Gasteiger partial charge in [0, 0.05) is 82.2 Å². The van der Waals surface area contributed by atoms with Crippen LogP contribution in [0, 0.1) is 6.92 Å². The standard InChI is InChI=1S/C34H43ClN6O5/c1-21-16-22(17-27(35)30(21)36)18-29(31(42)40-14-12-39(13-15-40)25-19-23-6-7-24(20-25)37-23)45-33(44)41-10-8-34(9-11-41)26-4-2-3-5-28(26)38-32(43)46-34/h2-5,16-17,23-25,29,37H,6-15,18-20,36H2,1H3,(H,38,43)/t23?,24?,25?,29-/m1/s1. The Morgan fingerprint density at radius 3 is 2.43 bits per heavy atom. The molecule has 0 aromatic heterocycles. The molecule has 3 amide bonds. The van der Waals surface area contributed by atoms with E-state index in [1.807, 2.05) is 42.2 Å². The van der Waals surface area contributed by atoms with Crippen molar-refractivity contribution in [3.63, 3.8) is 0 Å². The summed E-state index contributed by atoms with van der Waals surface area (Å²) in [6.45, 7) is 5.34. The molecular formula is C34H43ClN6O5. The van der Waals surface area contributed by atoms with Crippen LogP contribution in [0.3, 0.4) is 0 Å². The molecule has 1 spiro atoms. The molecule has 12 heteroatoms. The first-order valence-corrected chi connectivity index (χ1v) is 16.9. The van der Waals surface area contributed by atoms with Gasteiger partial charge in [-0.3, -0.25) is 15.0 Å². The molecule has 2 bridgehead atoms. The molecule has 0 aliphatic carbocycles. The second-order valence-corrected chi connectivity index (χ2v) is 14.0. The normalized spacial score (nSPS) is 26.2. The number of hydrogen-bond donors (Lipinski definition) is 3. The summed E-state index contributed by atoms with van der Waals surface area (Å²) in [5, 5.41) is 6.90. The van der Waals surface area contributed by atoms with Gasteiger partial charge in [0.2, 0.25) is 0 Å². The number of likely N-dealkylation sites (tertiary alicyclic amines) is 1. The maximum atomic E-state index is 14.0. The van der Waals surface area contributed by atoms with Crippen LogP contribution in [-0.2, 0) is 26.3 Å². The second-order valence-electron chi connectivity index (χ2n) is 13.6. The van der Waals surface area contributed by atoms with Crippen molar-refractivity contribution >= 4 is 41.1 Å². The monoisotopic (exact) mass is 650 g/mol. The molecule has 2 unspecified atom stereocenters. The molecule has 5 aliphatic heterocycles. The highest BCUT2D eigenvalue weighted by atomic mass is 35.5. The van der Waals surface area contributed by atoms with Crippen molar-refractivity contribution in [2.75, 3.05) is 50.3 Å². The Bertz CT molecular complexity index is 1470. The van der Waals surface area contributed by atoms with E-state index in [1.165, 1.54) is 25.7 Å². The summed E-state index contributed by atoms with van der Waals surface area (Å²) >= 11 is 6.40. The first kappa shape index (κ1) is 31.1. The number of hydrogen-bond acceptors (Lipinski definition) is 8. The summed E-state index contributed by atoms with van der Waals surface area (Å²) in [6.07, 6.45) is 3.84. The number of fused-ring (bicyclic) bond motifs is 4. The minimum atomic E-state index is -1.01. The van der Waals surface area contributed by atoms with Crippen molar-refractivity contribution < 1.29 is 23.9 Å². The fourth-order valence-electron chi connectivity index (χ4n) is 8.15. The zero-order chi connectivity index (χ0) is 32.0. The maximum Gasteiger partial charge on any atom is 0.412 e. The Labute approximate surface area is 274 Å². The number of ether oxygens (including phenoxy) is 2. The highest BCUT2D eigenvalue weighted by molar-refractivity contribution is 6.33. The first-order chi connectivity index (χ1) is 22.2. The van der Waals surface area contributed by atoms with Crippen LogP contribution in [0.1, 0.15) is 55.2 Å². The van der Waals surface area contributed by atoms with Crippen molar-refractivity contribution in [2.45, 2.75) is 81.7 Å². The van der Waals surface area contributed by atoms with Crippen LogP contribution >= 0.6 is 11.6 Å². The largest absolute Gasteiger partial charge is 0.438 e. The Kier molecular flexibility index (Phi) is 8.50. The Hall–Kier alpha value is -3.54. The molecule has 5 aliphatic rings. The van der Waals surface area contributed by atoms with E-state index in [0.29, 0.717) is 67.9 Å². The van der Waals surface area contributed by atoms with E-state index in [2.05, 4.69) is 15.5 Å². The quantitative estimate of drug-likeness (QED) is 0.410. The number of nitrogen functional groups attached to an aromatic ring is 1. The van der Waals surface area contributed by atoms with Gasteiger partial charge in [-0.1, -0.05) is 35.9 Å². The van der Waals surface area contributed by atoms with E-state index in [1.54, 1.807) is 11.0 Å². The minimum Gasteiger partial charge on any atom is -0.438 e. The Balaban J connectivity index is 1.03. The van der Waals surface area contributed by atoms with Gasteiger partial charge in [0.05, 0.1) is 16.4 Å². The maximum absolute atomic E-state index is 14.0. The topological polar surface area (TPSA) is 129 Å². The summed E-state index contributed by atoms with van der Waals surface area (Å²) in [6, 6.07) is 13.0. The van der Waals surface area contributed by atoms with Crippen LogP contribution in [0.15, 0.2) is 36.4 Å². The highest BCUT2D eigenvalue weighted by Crippen LogP contribution is 2.43. The predicted octanol–water partition coefficient (Wildman–Crippen LogP) is 4.26. The molecule has 7 rings (SSSR count). The molecule has 2 aromatic rings. The number of piperazine rings is 1. The lowest BCUT2D eigenvalue weighted by atomic mass is 9.82. The molecule has 246 valence electrons. The third-order valence-corrected chi connectivity index (χ3v) is 11.0. The van der Waals surface area contributed by atoms with Gasteiger partial charge in [-0.2, -0.15) is 0 Å². The van der Waals surface area contributed by atoms with Gasteiger partial charge in [-0.15, -0.1) is 0 Å². The molecule has 4 saturated heterocycles. The van der Waals surface area contributed by atoms with Gasteiger partial charge in [0.1, 0.15) is 5.60 Å². The van der Waals surface area contributed by atoms with E-state index < -0.39 is 23.9 Å². The number of halogens is 1. The number of para-hydroxylation sites is 1. The van der Waals surface area contributed by atoms with Gasteiger partial charge in [0.25, 0.3) is 5.91 Å². The fraction of sp³-hybridized carbons (Fsp3) is 0.559. The molecule has 4 N–H and O–H groups in total. The van der Waals surface area contributed by atoms with E-state index in [4.69, 9.17) is 26.8 Å². The van der Waals surface area contributed by atoms with Gasteiger partial charge in [-0.25, -0.2) is 9.59 Å². The number of nitrogens with zero attached hydrogens (tertiary/aromatic N) is 3. The van der Waals surface area contributed by atoms with Gasteiger partial charge >= 0.3 is 12.2 Å². The summed E-state index contributed by atoms with van der Waals surface area (Å²) in [7, 11) is 0. The van der Waals surface area contributed by atoms with E-state index in [-0.39, 0.29) is 12.3 Å². The van der Waals surface area contributed by atoms with Gasteiger partial charge in [-0.05, 0) is 55.9 Å². The summed E-state index contributed by atoms with van der Waals surface area (Å²) in [5.41, 5.74) is 8.99. The molecule has 46 heavy (non-hydrogen) atoms. The Morgan fingerprint density at radius 2 is 1.74 bits per heavy atom. The van der Waals surface area contributed by atoms with Crippen molar-refractivity contribution in [1.82, 2.24) is 20.0 Å². The number of anilines is 2. The van der Waals surface area contributed by atoms with E-state index >= 15 is 0 Å². The molecule has 11 nitrogen and oxygen atoms in total. The summed E-state index contributed by atoms with van der Waals surface area (Å²) < 4.78 is 11.9. The van der Waals surface area contributed by atoms with E-state index in [9.17, 15) is 14.4 Å². The lowest BCUT2D eigenvalue weighted by Crippen LogP contribution is -2.57. The Morgan fingerprint density at radius 1 is 1.04 bits per heavy atom. The molecule has 5 heterocycles. The molecule has 2 aromatic carbocycles. The van der Waals surface area contributed by atoms with Gasteiger partial charge in [0.15, 0.2) is 6.10 Å². The minimum absolute atomic E-state index is 0.192. The number of piperidine rings is 2. The van der Waals surface area contributed by atoms with Crippen LogP contribution in [0.5, 0.6) is 0 Å². The fourth-order valence-corrected chi connectivity index (χ4v) is 8.44. The summed E-state index contributed by atoms with van der Waals surface area (Å²) in [4.78, 5) is 46.0. The number of carbonyl (C=O) groups is 3. The average Bonchev–Trinajstić information content (AvgIpc) is 3.40. The smallest absolute Gasteiger partial charge is 0.412 e. The molecule has 0 radical (unpaired) electrons. The molecule has 3 atom stereocenters. The van der Waals surface area contributed by atoms with Crippen molar-refractivity contribution in [3.05, 3.63) is 58.1 Å². The third-order valence-electron chi connectivity index (χ3n) is 10.7. The summed E-state index contributed by atoms with van der Waals surface area (Å²) in [5.74, 6) is -0.196. The van der Waals surface area contributed by atoms with Crippen LogP contribution in [0.2, 0.25) is 5.02 Å². The van der Waals surface area contributed by atoms with Crippen molar-refractivity contribution in [3.8, 4) is 0 Å².